The first-order chi connectivity index (χ1) is 28.1. The molecule has 1 unspecified atom stereocenters. The van der Waals surface area contributed by atoms with Crippen LogP contribution in [-0.4, -0.2) is 95.1 Å². The van der Waals surface area contributed by atoms with Gasteiger partial charge in [-0.3, -0.25) is 14.4 Å². The number of rotatable bonds is 10. The first kappa shape index (κ1) is 41.1. The van der Waals surface area contributed by atoms with Crippen LogP contribution in [0.5, 0.6) is 0 Å². The average Bonchev–Trinajstić information content (AvgIpc) is 4.03. The second kappa shape index (κ2) is 16.3. The molecule has 59 heavy (non-hydrogen) atoms. The van der Waals surface area contributed by atoms with Crippen LogP contribution in [0.15, 0.2) is 54.6 Å². The molecule has 1 aliphatic carbocycles. The molecule has 4 N–H and O–H groups in total. The largest absolute Gasteiger partial charge is 0.453 e. The number of imidazole rings is 1. The number of alkyl carbamates (subject to hydrolysis) is 2. The van der Waals surface area contributed by atoms with Crippen molar-refractivity contribution in [1.29, 1.82) is 0 Å². The van der Waals surface area contributed by atoms with Crippen LogP contribution in [0.1, 0.15) is 76.4 Å². The molecule has 7 rings (SSSR count). The van der Waals surface area contributed by atoms with Crippen LogP contribution >= 0.6 is 0 Å². The third-order valence-electron chi connectivity index (χ3n) is 11.6. The smallest absolute Gasteiger partial charge is 0.407 e. The van der Waals surface area contributed by atoms with E-state index >= 15 is 8.78 Å². The minimum absolute atomic E-state index is 0.162. The highest BCUT2D eigenvalue weighted by atomic mass is 19.3. The van der Waals surface area contributed by atoms with Gasteiger partial charge in [-0.15, -0.1) is 0 Å². The zero-order chi connectivity index (χ0) is 42.3. The van der Waals surface area contributed by atoms with Crippen LogP contribution in [-0.2, 0) is 29.8 Å². The third kappa shape index (κ3) is 7.79. The molecule has 2 fully saturated rings. The molecule has 2 saturated heterocycles. The molecule has 0 radical (unpaired) electrons. The maximum atomic E-state index is 16.3. The molecule has 5 amide bonds. The fourth-order valence-electron chi connectivity index (χ4n) is 8.45. The van der Waals surface area contributed by atoms with Gasteiger partial charge in [0.2, 0.25) is 17.7 Å². The maximum Gasteiger partial charge on any atom is 0.407 e. The molecule has 0 saturated carbocycles. The Balaban J connectivity index is 1.08. The molecule has 3 aromatic carbocycles. The number of anilines is 1. The normalized spacial score (nSPS) is 19.0. The van der Waals surface area contributed by atoms with Crippen molar-refractivity contribution in [2.24, 2.45) is 11.8 Å². The van der Waals surface area contributed by atoms with E-state index in [1.807, 2.05) is 32.0 Å². The van der Waals surface area contributed by atoms with E-state index in [-0.39, 0.29) is 40.6 Å². The lowest BCUT2D eigenvalue weighted by atomic mass is 9.98. The Labute approximate surface area is 340 Å². The summed E-state index contributed by atoms with van der Waals surface area (Å²) in [5.41, 5.74) is 3.11. The van der Waals surface area contributed by atoms with Crippen molar-refractivity contribution < 1.29 is 42.2 Å². The van der Waals surface area contributed by atoms with Crippen LogP contribution in [0.3, 0.4) is 0 Å². The predicted octanol–water partition coefficient (Wildman–Crippen LogP) is 6.70. The van der Waals surface area contributed by atoms with Crippen molar-refractivity contribution in [3.05, 3.63) is 71.5 Å². The highest BCUT2D eigenvalue weighted by Gasteiger charge is 2.45. The SMILES string of the molecule is COC(=O)NC(C(=O)N1CCC[C@H]1c1nc2ccc(-c3ccc4c(c3)C(F)(F)c3cc(NC(=O)[C@@H]5CCCN5C(=O)[C@@H](NC(=O)OC)C(C)C)ccc3-4)cc2[nH]1)C(C)C. The molecule has 4 aromatic rings. The first-order valence-corrected chi connectivity index (χ1v) is 19.9. The van der Waals surface area contributed by atoms with Crippen LogP contribution in [0.2, 0.25) is 0 Å². The molecule has 1 aromatic heterocycles. The number of hydrogen-bond donors (Lipinski definition) is 4. The van der Waals surface area contributed by atoms with Crippen molar-refractivity contribution >= 4 is 46.6 Å². The van der Waals surface area contributed by atoms with Gasteiger partial charge in [0.05, 0.1) is 31.3 Å². The fraction of sp³-hybridized carbons (Fsp3) is 0.442. The Hall–Kier alpha value is -6.06. The second-order valence-electron chi connectivity index (χ2n) is 16.0. The molecular weight excluding hydrogens is 765 g/mol. The number of fused-ring (bicyclic) bond motifs is 4. The number of nitrogens with zero attached hydrogens (tertiary/aromatic N) is 3. The lowest BCUT2D eigenvalue weighted by Gasteiger charge is -2.30. The summed E-state index contributed by atoms with van der Waals surface area (Å²) in [6, 6.07) is 12.0. The molecule has 3 heterocycles. The van der Waals surface area contributed by atoms with Gasteiger partial charge in [0, 0.05) is 29.9 Å². The Morgan fingerprint density at radius 2 is 1.32 bits per heavy atom. The number of halogens is 2. The summed E-state index contributed by atoms with van der Waals surface area (Å²) in [5.74, 6) is -4.36. The Morgan fingerprint density at radius 3 is 1.97 bits per heavy atom. The Bertz CT molecular complexity index is 2310. The highest BCUT2D eigenvalue weighted by Crippen LogP contribution is 2.52. The maximum absolute atomic E-state index is 16.3. The quantitative estimate of drug-likeness (QED) is 0.137. The van der Waals surface area contributed by atoms with Crippen molar-refractivity contribution in [2.45, 2.75) is 83.5 Å². The number of amides is 5. The number of aromatic amines is 1. The standard InChI is InChI=1S/C43H49F2N7O7/c1-22(2)35(49-41(56)58-5)39(54)51-17-7-9-33(51)37-47-31-16-12-25(20-32(31)48-37)24-11-14-27-28-15-13-26(21-30(28)43(44,45)29(27)19-24)46-38(53)34-10-8-18-52(34)40(55)36(23(3)4)50-42(57)59-6/h11-16,19-23,33-36H,7-10,17-18H2,1-6H3,(H,46,53)(H,47,48)(H,49,56)(H,50,57)/t33-,34-,35?,36-/m0/s1. The van der Waals surface area contributed by atoms with E-state index in [9.17, 15) is 24.0 Å². The third-order valence-corrected chi connectivity index (χ3v) is 11.6. The zero-order valence-electron chi connectivity index (χ0n) is 33.9. The number of ether oxygens (including phenoxy) is 2. The monoisotopic (exact) mass is 813 g/mol. The molecule has 312 valence electrons. The van der Waals surface area contributed by atoms with E-state index in [0.717, 1.165) is 6.42 Å². The number of H-pyrrole nitrogens is 1. The summed E-state index contributed by atoms with van der Waals surface area (Å²) < 4.78 is 42.1. The van der Waals surface area contributed by atoms with Crippen molar-refractivity contribution in [3.63, 3.8) is 0 Å². The molecule has 14 nitrogen and oxygen atoms in total. The van der Waals surface area contributed by atoms with Crippen molar-refractivity contribution in [3.8, 4) is 22.3 Å². The van der Waals surface area contributed by atoms with Crippen molar-refractivity contribution in [2.75, 3.05) is 32.6 Å². The lowest BCUT2D eigenvalue weighted by molar-refractivity contribution is -0.139. The predicted molar refractivity (Wildman–Crippen MR) is 215 cm³/mol. The summed E-state index contributed by atoms with van der Waals surface area (Å²) in [7, 11) is 2.45. The van der Waals surface area contributed by atoms with Gasteiger partial charge in [0.1, 0.15) is 23.9 Å². The van der Waals surface area contributed by atoms with E-state index < -0.39 is 48.0 Å². The number of hydrogen-bond acceptors (Lipinski definition) is 8. The summed E-state index contributed by atoms with van der Waals surface area (Å²) in [6.45, 7) is 8.08. The van der Waals surface area contributed by atoms with Crippen LogP contribution < -0.4 is 16.0 Å². The summed E-state index contributed by atoms with van der Waals surface area (Å²) in [4.78, 5) is 75.9. The van der Waals surface area contributed by atoms with E-state index in [0.29, 0.717) is 71.5 Å². The number of nitrogens with one attached hydrogen (secondary N) is 4. The number of methoxy groups -OCH3 is 2. The Morgan fingerprint density at radius 1 is 0.763 bits per heavy atom. The van der Waals surface area contributed by atoms with Gasteiger partial charge in [0.15, 0.2) is 0 Å². The summed E-state index contributed by atoms with van der Waals surface area (Å²) in [5, 5.41) is 7.96. The van der Waals surface area contributed by atoms with Gasteiger partial charge in [-0.05, 0) is 90.1 Å². The number of alkyl halides is 2. The van der Waals surface area contributed by atoms with Crippen LogP contribution in [0.4, 0.5) is 24.1 Å². The van der Waals surface area contributed by atoms with Gasteiger partial charge >= 0.3 is 12.2 Å². The molecule has 3 aliphatic rings. The number of aromatic nitrogens is 2. The molecule has 4 atom stereocenters. The van der Waals surface area contributed by atoms with Crippen LogP contribution in [0, 0.1) is 11.8 Å². The zero-order valence-corrected chi connectivity index (χ0v) is 33.9. The molecule has 0 bridgehead atoms. The average molecular weight is 814 g/mol. The van der Waals surface area contributed by atoms with Crippen molar-refractivity contribution in [1.82, 2.24) is 30.4 Å². The van der Waals surface area contributed by atoms with Gasteiger partial charge in [-0.1, -0.05) is 52.0 Å². The number of benzene rings is 3. The first-order valence-electron chi connectivity index (χ1n) is 19.9. The highest BCUT2D eigenvalue weighted by molar-refractivity contribution is 5.99. The lowest BCUT2D eigenvalue weighted by Crippen LogP contribution is -2.54. The van der Waals surface area contributed by atoms with Gasteiger partial charge in [-0.25, -0.2) is 14.6 Å². The van der Waals surface area contributed by atoms with Gasteiger partial charge in [-0.2, -0.15) is 8.78 Å². The fourth-order valence-corrected chi connectivity index (χ4v) is 8.45. The van der Waals surface area contributed by atoms with E-state index in [1.54, 1.807) is 43.0 Å². The minimum Gasteiger partial charge on any atom is -0.453 e. The second-order valence-corrected chi connectivity index (χ2v) is 16.0. The van der Waals surface area contributed by atoms with Gasteiger partial charge in [0.25, 0.3) is 5.92 Å². The number of carbonyl (C=O) groups is 5. The Kier molecular flexibility index (Phi) is 11.4. The number of carbonyl (C=O) groups excluding carboxylic acids is 5. The number of likely N-dealkylation sites (tertiary alicyclic amines) is 2. The topological polar surface area (TPSA) is 175 Å². The minimum atomic E-state index is -3.37. The van der Waals surface area contributed by atoms with E-state index in [2.05, 4.69) is 25.7 Å². The summed E-state index contributed by atoms with van der Waals surface area (Å²) >= 11 is 0. The summed E-state index contributed by atoms with van der Waals surface area (Å²) in [6.07, 6.45) is 0.959. The van der Waals surface area contributed by atoms with Crippen LogP contribution in [0.25, 0.3) is 33.3 Å². The molecule has 0 spiro atoms. The molecule has 16 heteroatoms. The molecular formula is C43H49F2N7O7. The van der Waals surface area contributed by atoms with E-state index in [1.165, 1.54) is 31.3 Å². The van der Waals surface area contributed by atoms with E-state index in [4.69, 9.17) is 9.72 Å². The molecule has 2 aliphatic heterocycles. The van der Waals surface area contributed by atoms with Gasteiger partial charge < -0.3 is 40.2 Å².